The predicted octanol–water partition coefficient (Wildman–Crippen LogP) is 1.38. The molecule has 0 atom stereocenters. The molecule has 0 aliphatic carbocycles. The van der Waals surface area contributed by atoms with Gasteiger partial charge in [0.15, 0.2) is 0 Å². The number of aryl methyl sites for hydroxylation is 2. The molecule has 114 valence electrons. The Hall–Kier alpha value is -2.54. The predicted molar refractivity (Wildman–Crippen MR) is 82.7 cm³/mol. The zero-order valence-corrected chi connectivity index (χ0v) is 12.8. The molecular formula is C15H19N7. The van der Waals surface area contributed by atoms with Crippen LogP contribution in [-0.2, 0) is 26.7 Å². The van der Waals surface area contributed by atoms with E-state index in [1.807, 2.05) is 40.8 Å². The van der Waals surface area contributed by atoms with Gasteiger partial charge in [0.1, 0.15) is 12.2 Å². The van der Waals surface area contributed by atoms with E-state index in [9.17, 15) is 0 Å². The van der Waals surface area contributed by atoms with Crippen molar-refractivity contribution in [1.29, 1.82) is 0 Å². The van der Waals surface area contributed by atoms with Crippen molar-refractivity contribution in [3.05, 3.63) is 48.4 Å². The molecule has 3 aromatic rings. The Morgan fingerprint density at radius 2 is 2.18 bits per heavy atom. The second-order valence-electron chi connectivity index (χ2n) is 5.06. The lowest BCUT2D eigenvalue weighted by molar-refractivity contribution is 0.612. The van der Waals surface area contributed by atoms with E-state index < -0.39 is 0 Å². The molecule has 0 saturated carbocycles. The minimum absolute atomic E-state index is 0.676. The third-order valence-electron chi connectivity index (χ3n) is 3.47. The van der Waals surface area contributed by atoms with Crippen molar-refractivity contribution in [2.24, 2.45) is 7.05 Å². The van der Waals surface area contributed by atoms with E-state index in [2.05, 4.69) is 32.5 Å². The van der Waals surface area contributed by atoms with E-state index in [0.717, 1.165) is 29.2 Å². The van der Waals surface area contributed by atoms with Gasteiger partial charge in [-0.2, -0.15) is 5.10 Å². The zero-order valence-electron chi connectivity index (χ0n) is 12.8. The van der Waals surface area contributed by atoms with Crippen LogP contribution in [0, 0.1) is 0 Å². The van der Waals surface area contributed by atoms with Crippen LogP contribution in [0.5, 0.6) is 0 Å². The van der Waals surface area contributed by atoms with Crippen molar-refractivity contribution in [3.63, 3.8) is 0 Å². The third kappa shape index (κ3) is 3.04. The molecule has 0 bridgehead atoms. The largest absolute Gasteiger partial charge is 0.317 e. The van der Waals surface area contributed by atoms with Gasteiger partial charge in [-0.15, -0.1) is 10.2 Å². The maximum absolute atomic E-state index is 4.53. The number of pyridine rings is 1. The van der Waals surface area contributed by atoms with Crippen molar-refractivity contribution >= 4 is 0 Å². The fourth-order valence-electron chi connectivity index (χ4n) is 2.40. The molecule has 0 aromatic carbocycles. The molecule has 0 spiro atoms. The van der Waals surface area contributed by atoms with Crippen LogP contribution in [0.25, 0.3) is 11.3 Å². The van der Waals surface area contributed by atoms with Gasteiger partial charge in [0.2, 0.25) is 0 Å². The normalized spacial score (nSPS) is 11.0. The summed E-state index contributed by atoms with van der Waals surface area (Å²) in [5.74, 6) is 0.939. The highest BCUT2D eigenvalue weighted by Crippen LogP contribution is 2.20. The van der Waals surface area contributed by atoms with Gasteiger partial charge in [-0.25, -0.2) is 0 Å². The second kappa shape index (κ2) is 6.48. The smallest absolute Gasteiger partial charge is 0.146 e. The lowest BCUT2D eigenvalue weighted by Crippen LogP contribution is -2.16. The maximum Gasteiger partial charge on any atom is 0.146 e. The first-order valence-corrected chi connectivity index (χ1v) is 7.28. The summed E-state index contributed by atoms with van der Waals surface area (Å²) in [5.41, 5.74) is 3.12. The summed E-state index contributed by atoms with van der Waals surface area (Å²) in [6.45, 7) is 4.34. The molecule has 0 amide bonds. The Morgan fingerprint density at radius 1 is 1.27 bits per heavy atom. The standard InChI is InChI=1S/C15H19N7/c1-3-22-11-18-19-14(22)9-17-8-13-10-21(2)20-15(13)12-5-4-6-16-7-12/h4-7,10-11,17H,3,8-9H2,1-2H3. The van der Waals surface area contributed by atoms with Crippen LogP contribution in [0.3, 0.4) is 0 Å². The average Bonchev–Trinajstić information content (AvgIpc) is 3.14. The van der Waals surface area contributed by atoms with E-state index in [1.54, 1.807) is 12.5 Å². The summed E-state index contributed by atoms with van der Waals surface area (Å²) < 4.78 is 3.85. The molecule has 0 aliphatic heterocycles. The van der Waals surface area contributed by atoms with Crippen LogP contribution in [0.2, 0.25) is 0 Å². The van der Waals surface area contributed by atoms with Crippen LogP contribution in [0.15, 0.2) is 37.1 Å². The van der Waals surface area contributed by atoms with Crippen molar-refractivity contribution in [3.8, 4) is 11.3 Å². The van der Waals surface area contributed by atoms with Gasteiger partial charge in [-0.05, 0) is 19.1 Å². The monoisotopic (exact) mass is 297 g/mol. The average molecular weight is 297 g/mol. The minimum Gasteiger partial charge on any atom is -0.317 e. The van der Waals surface area contributed by atoms with Crippen LogP contribution in [0.4, 0.5) is 0 Å². The highest BCUT2D eigenvalue weighted by atomic mass is 15.3. The van der Waals surface area contributed by atoms with Gasteiger partial charge < -0.3 is 9.88 Å². The fourth-order valence-corrected chi connectivity index (χ4v) is 2.40. The van der Waals surface area contributed by atoms with Crippen LogP contribution in [0.1, 0.15) is 18.3 Å². The summed E-state index contributed by atoms with van der Waals surface area (Å²) >= 11 is 0. The molecular weight excluding hydrogens is 278 g/mol. The van der Waals surface area contributed by atoms with E-state index in [-0.39, 0.29) is 0 Å². The Balaban J connectivity index is 1.71. The molecule has 0 unspecified atom stereocenters. The number of hydrogen-bond donors (Lipinski definition) is 1. The molecule has 0 saturated heterocycles. The van der Waals surface area contributed by atoms with Gasteiger partial charge in [-0.1, -0.05) is 0 Å². The summed E-state index contributed by atoms with van der Waals surface area (Å²) in [6, 6.07) is 3.94. The summed E-state index contributed by atoms with van der Waals surface area (Å²) in [6.07, 6.45) is 7.38. The minimum atomic E-state index is 0.676. The van der Waals surface area contributed by atoms with Crippen molar-refractivity contribution in [2.75, 3.05) is 0 Å². The number of nitrogens with zero attached hydrogens (tertiary/aromatic N) is 6. The van der Waals surface area contributed by atoms with Gasteiger partial charge >= 0.3 is 0 Å². The maximum atomic E-state index is 4.53. The van der Waals surface area contributed by atoms with E-state index in [1.165, 1.54) is 0 Å². The van der Waals surface area contributed by atoms with Gasteiger partial charge in [0.25, 0.3) is 0 Å². The second-order valence-corrected chi connectivity index (χ2v) is 5.06. The lowest BCUT2D eigenvalue weighted by Gasteiger charge is -2.06. The first-order chi connectivity index (χ1) is 10.8. The molecule has 0 aliphatic rings. The third-order valence-corrected chi connectivity index (χ3v) is 3.47. The molecule has 7 nitrogen and oxygen atoms in total. The molecule has 22 heavy (non-hydrogen) atoms. The molecule has 7 heteroatoms. The van der Waals surface area contributed by atoms with Crippen LogP contribution >= 0.6 is 0 Å². The number of aromatic nitrogens is 6. The van der Waals surface area contributed by atoms with Gasteiger partial charge in [0, 0.05) is 49.9 Å². The van der Waals surface area contributed by atoms with Crippen LogP contribution < -0.4 is 5.32 Å². The fraction of sp³-hybridized carbons (Fsp3) is 0.333. The number of nitrogens with one attached hydrogen (secondary N) is 1. The van der Waals surface area contributed by atoms with Crippen molar-refractivity contribution in [2.45, 2.75) is 26.6 Å². The van der Waals surface area contributed by atoms with E-state index >= 15 is 0 Å². The quantitative estimate of drug-likeness (QED) is 0.744. The first-order valence-electron chi connectivity index (χ1n) is 7.28. The van der Waals surface area contributed by atoms with Crippen LogP contribution in [-0.4, -0.2) is 29.5 Å². The highest BCUT2D eigenvalue weighted by Gasteiger charge is 2.10. The van der Waals surface area contributed by atoms with E-state index in [4.69, 9.17) is 0 Å². The topological polar surface area (TPSA) is 73.5 Å². The molecule has 3 aromatic heterocycles. The molecule has 3 rings (SSSR count). The first kappa shape index (κ1) is 14.4. The Morgan fingerprint density at radius 3 is 2.95 bits per heavy atom. The summed E-state index contributed by atoms with van der Waals surface area (Å²) in [4.78, 5) is 4.16. The van der Waals surface area contributed by atoms with Gasteiger partial charge in [0.05, 0.1) is 12.2 Å². The summed E-state index contributed by atoms with van der Waals surface area (Å²) in [7, 11) is 1.93. The van der Waals surface area contributed by atoms with Gasteiger partial charge in [-0.3, -0.25) is 9.67 Å². The van der Waals surface area contributed by atoms with Crippen molar-refractivity contribution < 1.29 is 0 Å². The molecule has 3 heterocycles. The lowest BCUT2D eigenvalue weighted by atomic mass is 10.1. The number of hydrogen-bond acceptors (Lipinski definition) is 5. The van der Waals surface area contributed by atoms with Crippen molar-refractivity contribution in [1.82, 2.24) is 34.8 Å². The SMILES string of the molecule is CCn1cnnc1CNCc1cn(C)nc1-c1cccnc1. The Labute approximate surface area is 129 Å². The Bertz CT molecular complexity index is 729. The Kier molecular flexibility index (Phi) is 4.24. The van der Waals surface area contributed by atoms with E-state index in [0.29, 0.717) is 13.1 Å². The summed E-state index contributed by atoms with van der Waals surface area (Å²) in [5, 5.41) is 16.0. The molecule has 0 radical (unpaired) electrons. The highest BCUT2D eigenvalue weighted by molar-refractivity contribution is 5.61. The number of rotatable bonds is 6. The zero-order chi connectivity index (χ0) is 15.4. The molecule has 0 fully saturated rings. The molecule has 1 N–H and O–H groups in total.